The maximum atomic E-state index is 9.36. The van der Waals surface area contributed by atoms with Gasteiger partial charge in [0.2, 0.25) is 0 Å². The second-order valence-corrected chi connectivity index (χ2v) is 3.49. The molecule has 2 N–H and O–H groups in total. The summed E-state index contributed by atoms with van der Waals surface area (Å²) in [7, 11) is 0. The van der Waals surface area contributed by atoms with Gasteiger partial charge in [0.1, 0.15) is 0 Å². The number of hydrogen-bond acceptors (Lipinski definition) is 1. The van der Waals surface area contributed by atoms with Gasteiger partial charge < -0.3 is 10.1 Å². The fraction of sp³-hybridized carbons (Fsp3) is 0.273. The molecule has 0 saturated carbocycles. The van der Waals surface area contributed by atoms with Crippen LogP contribution in [0.3, 0.4) is 0 Å². The van der Waals surface area contributed by atoms with Crippen molar-refractivity contribution in [3.05, 3.63) is 35.5 Å². The maximum absolute atomic E-state index is 9.36. The number of H-pyrrole nitrogens is 1. The van der Waals surface area contributed by atoms with Crippen LogP contribution >= 0.6 is 0 Å². The average molecular weight is 175 g/mol. The molecular formula is C11H13NO. The van der Waals surface area contributed by atoms with Gasteiger partial charge in [0.25, 0.3) is 0 Å². The first-order valence-corrected chi connectivity index (χ1v) is 4.44. The Morgan fingerprint density at radius 3 is 2.77 bits per heavy atom. The Morgan fingerprint density at radius 2 is 2.08 bits per heavy atom. The lowest BCUT2D eigenvalue weighted by atomic mass is 10.2. The number of aryl methyl sites for hydroxylation is 1. The van der Waals surface area contributed by atoms with Crippen molar-refractivity contribution in [1.29, 1.82) is 0 Å². The number of benzene rings is 1. The Hall–Kier alpha value is -1.28. The van der Waals surface area contributed by atoms with Crippen molar-refractivity contribution in [1.82, 2.24) is 4.98 Å². The Kier molecular flexibility index (Phi) is 1.85. The summed E-state index contributed by atoms with van der Waals surface area (Å²) in [4.78, 5) is 3.19. The standard InChI is InChI=1S/C11H13NO/c1-7-3-4-9-6-10(8(2)13)12-11(9)5-7/h3-6,8,12-13H,1-2H3. The molecule has 0 amide bonds. The molecule has 1 unspecified atom stereocenters. The maximum Gasteiger partial charge on any atom is 0.0910 e. The second-order valence-electron chi connectivity index (χ2n) is 3.49. The lowest BCUT2D eigenvalue weighted by molar-refractivity contribution is 0.195. The van der Waals surface area contributed by atoms with E-state index in [2.05, 4.69) is 30.1 Å². The number of aromatic nitrogens is 1. The van der Waals surface area contributed by atoms with E-state index in [4.69, 9.17) is 0 Å². The third kappa shape index (κ3) is 1.45. The molecule has 2 nitrogen and oxygen atoms in total. The summed E-state index contributed by atoms with van der Waals surface area (Å²) in [5.41, 5.74) is 3.20. The minimum Gasteiger partial charge on any atom is -0.387 e. The first kappa shape index (κ1) is 8.32. The summed E-state index contributed by atoms with van der Waals surface area (Å²) in [5.74, 6) is 0. The minimum absolute atomic E-state index is 0.423. The molecule has 0 aliphatic rings. The first-order chi connectivity index (χ1) is 6.16. The Bertz CT molecular complexity index is 429. The van der Waals surface area contributed by atoms with Crippen LogP contribution in [0.1, 0.15) is 24.3 Å². The third-order valence-electron chi connectivity index (χ3n) is 2.25. The molecule has 2 rings (SSSR count). The molecule has 1 atom stereocenters. The van der Waals surface area contributed by atoms with Crippen LogP contribution in [0.25, 0.3) is 10.9 Å². The van der Waals surface area contributed by atoms with Crippen molar-refractivity contribution in [2.24, 2.45) is 0 Å². The van der Waals surface area contributed by atoms with E-state index in [0.717, 1.165) is 16.6 Å². The van der Waals surface area contributed by atoms with Crippen LogP contribution < -0.4 is 0 Å². The quantitative estimate of drug-likeness (QED) is 0.686. The van der Waals surface area contributed by atoms with Gasteiger partial charge in [-0.15, -0.1) is 0 Å². The zero-order valence-corrected chi connectivity index (χ0v) is 7.83. The largest absolute Gasteiger partial charge is 0.387 e. The highest BCUT2D eigenvalue weighted by atomic mass is 16.3. The smallest absolute Gasteiger partial charge is 0.0910 e. The summed E-state index contributed by atoms with van der Waals surface area (Å²) < 4.78 is 0. The summed E-state index contributed by atoms with van der Waals surface area (Å²) in [5, 5.41) is 10.5. The first-order valence-electron chi connectivity index (χ1n) is 4.44. The normalized spacial score (nSPS) is 13.5. The number of aliphatic hydroxyl groups excluding tert-OH is 1. The SMILES string of the molecule is Cc1ccc2cc(C(C)O)[nH]c2c1. The van der Waals surface area contributed by atoms with Crippen molar-refractivity contribution in [2.45, 2.75) is 20.0 Å². The van der Waals surface area contributed by atoms with Crippen molar-refractivity contribution in [3.63, 3.8) is 0 Å². The highest BCUT2D eigenvalue weighted by Crippen LogP contribution is 2.20. The van der Waals surface area contributed by atoms with Crippen molar-refractivity contribution >= 4 is 10.9 Å². The van der Waals surface area contributed by atoms with Gasteiger partial charge in [-0.05, 0) is 36.9 Å². The number of fused-ring (bicyclic) bond motifs is 1. The van der Waals surface area contributed by atoms with Gasteiger partial charge in [-0.1, -0.05) is 12.1 Å². The molecular weight excluding hydrogens is 162 g/mol. The number of hydrogen-bond donors (Lipinski definition) is 2. The van der Waals surface area contributed by atoms with E-state index in [1.165, 1.54) is 5.56 Å². The summed E-state index contributed by atoms with van der Waals surface area (Å²) >= 11 is 0. The van der Waals surface area contributed by atoms with Crippen molar-refractivity contribution in [2.75, 3.05) is 0 Å². The molecule has 2 heteroatoms. The molecule has 2 aromatic rings. The molecule has 0 saturated heterocycles. The Labute approximate surface area is 77.2 Å². The highest BCUT2D eigenvalue weighted by Gasteiger charge is 2.04. The van der Waals surface area contributed by atoms with Crippen LogP contribution in [0.2, 0.25) is 0 Å². The van der Waals surface area contributed by atoms with E-state index in [-0.39, 0.29) is 0 Å². The summed E-state index contributed by atoms with van der Waals surface area (Å²) in [6, 6.07) is 8.20. The van der Waals surface area contributed by atoms with Gasteiger partial charge in [-0.25, -0.2) is 0 Å². The average Bonchev–Trinajstić information content (AvgIpc) is 2.46. The van der Waals surface area contributed by atoms with Crippen LogP contribution in [-0.4, -0.2) is 10.1 Å². The Balaban J connectivity index is 2.62. The molecule has 0 fully saturated rings. The van der Waals surface area contributed by atoms with E-state index < -0.39 is 6.10 Å². The minimum atomic E-state index is -0.423. The molecule has 0 aliphatic carbocycles. The fourth-order valence-electron chi connectivity index (χ4n) is 1.49. The molecule has 13 heavy (non-hydrogen) atoms. The highest BCUT2D eigenvalue weighted by molar-refractivity contribution is 5.81. The number of rotatable bonds is 1. The van der Waals surface area contributed by atoms with Gasteiger partial charge in [-0.3, -0.25) is 0 Å². The number of nitrogens with one attached hydrogen (secondary N) is 1. The van der Waals surface area contributed by atoms with Crippen LogP contribution in [0, 0.1) is 6.92 Å². The zero-order valence-electron chi connectivity index (χ0n) is 7.83. The zero-order chi connectivity index (χ0) is 9.42. The third-order valence-corrected chi connectivity index (χ3v) is 2.25. The number of aliphatic hydroxyl groups is 1. The summed E-state index contributed by atoms with van der Waals surface area (Å²) in [6.07, 6.45) is -0.423. The van der Waals surface area contributed by atoms with Gasteiger partial charge in [0.05, 0.1) is 6.10 Å². The van der Waals surface area contributed by atoms with E-state index in [9.17, 15) is 5.11 Å². The van der Waals surface area contributed by atoms with Crippen LogP contribution in [0.5, 0.6) is 0 Å². The van der Waals surface area contributed by atoms with Crippen molar-refractivity contribution in [3.8, 4) is 0 Å². The molecule has 0 aliphatic heterocycles. The summed E-state index contributed by atoms with van der Waals surface area (Å²) in [6.45, 7) is 3.82. The molecule has 1 aromatic heterocycles. The molecule has 0 spiro atoms. The van der Waals surface area contributed by atoms with E-state index in [0.29, 0.717) is 0 Å². The van der Waals surface area contributed by atoms with Crippen molar-refractivity contribution < 1.29 is 5.11 Å². The van der Waals surface area contributed by atoms with E-state index >= 15 is 0 Å². The number of aromatic amines is 1. The Morgan fingerprint density at radius 1 is 1.31 bits per heavy atom. The topological polar surface area (TPSA) is 36.0 Å². The molecule has 1 aromatic carbocycles. The van der Waals surface area contributed by atoms with Gasteiger partial charge in [0.15, 0.2) is 0 Å². The predicted molar refractivity (Wildman–Crippen MR) is 53.7 cm³/mol. The van der Waals surface area contributed by atoms with Crippen LogP contribution in [0.15, 0.2) is 24.3 Å². The van der Waals surface area contributed by atoms with Gasteiger partial charge >= 0.3 is 0 Å². The molecule has 1 heterocycles. The van der Waals surface area contributed by atoms with Crippen LogP contribution in [0.4, 0.5) is 0 Å². The van der Waals surface area contributed by atoms with Gasteiger partial charge in [0, 0.05) is 11.2 Å². The molecule has 68 valence electrons. The fourth-order valence-corrected chi connectivity index (χ4v) is 1.49. The lowest BCUT2D eigenvalue weighted by Gasteiger charge is -1.97. The van der Waals surface area contributed by atoms with Crippen LogP contribution in [-0.2, 0) is 0 Å². The lowest BCUT2D eigenvalue weighted by Crippen LogP contribution is -1.89. The molecule has 0 radical (unpaired) electrons. The monoisotopic (exact) mass is 175 g/mol. The molecule has 0 bridgehead atoms. The van der Waals surface area contributed by atoms with E-state index in [1.54, 1.807) is 6.92 Å². The predicted octanol–water partition coefficient (Wildman–Crippen LogP) is 2.53. The van der Waals surface area contributed by atoms with E-state index in [1.807, 2.05) is 6.07 Å². The second kappa shape index (κ2) is 2.89. The van der Waals surface area contributed by atoms with Gasteiger partial charge in [-0.2, -0.15) is 0 Å².